The van der Waals surface area contributed by atoms with Gasteiger partial charge in [0.15, 0.2) is 0 Å². The Morgan fingerprint density at radius 2 is 1.95 bits per heavy atom. The van der Waals surface area contributed by atoms with Crippen molar-refractivity contribution in [1.29, 1.82) is 0 Å². The van der Waals surface area contributed by atoms with E-state index in [1.54, 1.807) is 0 Å². The highest BCUT2D eigenvalue weighted by molar-refractivity contribution is 5.96. The van der Waals surface area contributed by atoms with Crippen molar-refractivity contribution in [3.8, 4) is 11.8 Å². The molecule has 4 heteroatoms. The second kappa shape index (κ2) is 6.37. The molecule has 2 N–H and O–H groups in total. The number of rotatable bonds is 1. The molecule has 0 aliphatic carbocycles. The van der Waals surface area contributed by atoms with E-state index in [0.29, 0.717) is 12.1 Å². The molecule has 19 heavy (non-hydrogen) atoms. The van der Waals surface area contributed by atoms with Crippen LogP contribution in [0.5, 0.6) is 0 Å². The van der Waals surface area contributed by atoms with Crippen molar-refractivity contribution < 1.29 is 4.79 Å². The molecule has 1 heterocycles. The fourth-order valence-electron chi connectivity index (χ4n) is 2.10. The van der Waals surface area contributed by atoms with Gasteiger partial charge in [-0.25, -0.2) is 0 Å². The molecule has 1 amide bonds. The van der Waals surface area contributed by atoms with Crippen molar-refractivity contribution in [2.24, 2.45) is 5.73 Å². The molecular weight excluding hydrogens is 238 g/mol. The Hall–Kier alpha value is -1.83. The molecule has 1 saturated heterocycles. The normalized spacial score (nSPS) is 15.8. The number of carbonyl (C=O) groups excluding carboxylic acids is 1. The van der Waals surface area contributed by atoms with Crippen LogP contribution in [0.25, 0.3) is 0 Å². The average molecular weight is 257 g/mol. The van der Waals surface area contributed by atoms with E-state index in [4.69, 9.17) is 5.73 Å². The fourth-order valence-corrected chi connectivity index (χ4v) is 2.10. The third-order valence-corrected chi connectivity index (χ3v) is 3.27. The zero-order valence-electron chi connectivity index (χ0n) is 11.2. The van der Waals surface area contributed by atoms with Crippen LogP contribution < -0.4 is 5.73 Å². The molecule has 0 aromatic heterocycles. The van der Waals surface area contributed by atoms with E-state index in [9.17, 15) is 4.79 Å². The van der Waals surface area contributed by atoms with Gasteiger partial charge in [0.05, 0.1) is 12.1 Å². The van der Waals surface area contributed by atoms with E-state index in [-0.39, 0.29) is 5.91 Å². The molecule has 100 valence electrons. The largest absolute Gasteiger partial charge is 0.336 e. The lowest BCUT2D eigenvalue weighted by molar-refractivity contribution is 0.0664. The van der Waals surface area contributed by atoms with Crippen LogP contribution in [0.1, 0.15) is 15.9 Å². The van der Waals surface area contributed by atoms with Gasteiger partial charge in [0, 0.05) is 31.7 Å². The van der Waals surface area contributed by atoms with Crippen LogP contribution in [0.15, 0.2) is 24.3 Å². The van der Waals surface area contributed by atoms with E-state index in [1.165, 1.54) is 0 Å². The van der Waals surface area contributed by atoms with Crippen LogP contribution in [0.3, 0.4) is 0 Å². The number of carbonyl (C=O) groups is 1. The van der Waals surface area contributed by atoms with Crippen LogP contribution in [0.4, 0.5) is 0 Å². The lowest BCUT2D eigenvalue weighted by atomic mass is 10.1. The van der Waals surface area contributed by atoms with Crippen molar-refractivity contribution in [3.63, 3.8) is 0 Å². The van der Waals surface area contributed by atoms with Crippen molar-refractivity contribution in [3.05, 3.63) is 35.4 Å². The van der Waals surface area contributed by atoms with Gasteiger partial charge in [-0.05, 0) is 19.2 Å². The molecule has 1 fully saturated rings. The summed E-state index contributed by atoms with van der Waals surface area (Å²) in [5, 5.41) is 0. The molecule has 4 nitrogen and oxygen atoms in total. The number of piperazine rings is 1. The molecule has 0 radical (unpaired) electrons. The number of hydrogen-bond acceptors (Lipinski definition) is 3. The summed E-state index contributed by atoms with van der Waals surface area (Å²) in [6.07, 6.45) is 0. The van der Waals surface area contributed by atoms with Crippen LogP contribution >= 0.6 is 0 Å². The van der Waals surface area contributed by atoms with E-state index in [1.807, 2.05) is 29.2 Å². The molecule has 0 spiro atoms. The Morgan fingerprint density at radius 1 is 1.26 bits per heavy atom. The maximum atomic E-state index is 12.5. The monoisotopic (exact) mass is 257 g/mol. The minimum absolute atomic E-state index is 0.0648. The first-order valence-corrected chi connectivity index (χ1v) is 6.48. The van der Waals surface area contributed by atoms with Crippen molar-refractivity contribution in [2.45, 2.75) is 0 Å². The van der Waals surface area contributed by atoms with E-state index < -0.39 is 0 Å². The Balaban J connectivity index is 2.19. The van der Waals surface area contributed by atoms with Gasteiger partial charge < -0.3 is 15.5 Å². The highest BCUT2D eigenvalue weighted by Gasteiger charge is 2.21. The second-order valence-electron chi connectivity index (χ2n) is 4.65. The quantitative estimate of drug-likeness (QED) is 0.740. The van der Waals surface area contributed by atoms with Crippen molar-refractivity contribution in [2.75, 3.05) is 39.8 Å². The minimum Gasteiger partial charge on any atom is -0.336 e. The first kappa shape index (κ1) is 13.6. The van der Waals surface area contributed by atoms with Crippen LogP contribution in [-0.4, -0.2) is 55.5 Å². The number of benzene rings is 1. The Morgan fingerprint density at radius 3 is 2.63 bits per heavy atom. The number of nitrogens with zero attached hydrogens (tertiary/aromatic N) is 2. The molecule has 0 atom stereocenters. The van der Waals surface area contributed by atoms with Gasteiger partial charge in [0.25, 0.3) is 5.91 Å². The predicted octanol–water partition coefficient (Wildman–Crippen LogP) is 0.384. The maximum absolute atomic E-state index is 12.5. The number of nitrogens with two attached hydrogens (primary N) is 1. The number of hydrogen-bond donors (Lipinski definition) is 1. The first-order chi connectivity index (χ1) is 9.22. The zero-order chi connectivity index (χ0) is 13.7. The maximum Gasteiger partial charge on any atom is 0.255 e. The van der Waals surface area contributed by atoms with E-state index >= 15 is 0 Å². The van der Waals surface area contributed by atoms with Gasteiger partial charge in [-0.15, -0.1) is 0 Å². The third-order valence-electron chi connectivity index (χ3n) is 3.27. The van der Waals surface area contributed by atoms with Crippen LogP contribution in [0.2, 0.25) is 0 Å². The first-order valence-electron chi connectivity index (χ1n) is 6.48. The van der Waals surface area contributed by atoms with Gasteiger partial charge >= 0.3 is 0 Å². The summed E-state index contributed by atoms with van der Waals surface area (Å²) < 4.78 is 0. The Labute approximate surface area is 114 Å². The summed E-state index contributed by atoms with van der Waals surface area (Å²) in [7, 11) is 2.07. The summed E-state index contributed by atoms with van der Waals surface area (Å²) in [6, 6.07) is 7.46. The van der Waals surface area contributed by atoms with Gasteiger partial charge in [-0.3, -0.25) is 4.79 Å². The van der Waals surface area contributed by atoms with Crippen LogP contribution in [0, 0.1) is 11.8 Å². The number of likely N-dealkylation sites (N-methyl/N-ethyl adjacent to an activating group) is 1. The van der Waals surface area contributed by atoms with E-state index in [2.05, 4.69) is 23.8 Å². The van der Waals surface area contributed by atoms with Gasteiger partial charge in [-0.1, -0.05) is 24.0 Å². The summed E-state index contributed by atoms with van der Waals surface area (Å²) >= 11 is 0. The average Bonchev–Trinajstić information content (AvgIpc) is 2.45. The highest BCUT2D eigenvalue weighted by atomic mass is 16.2. The molecule has 1 aromatic rings. The summed E-state index contributed by atoms with van der Waals surface area (Å²) in [6.45, 7) is 3.68. The van der Waals surface area contributed by atoms with Gasteiger partial charge in [-0.2, -0.15) is 0 Å². The molecule has 1 aromatic carbocycles. The fraction of sp³-hybridized carbons (Fsp3) is 0.400. The van der Waals surface area contributed by atoms with E-state index in [0.717, 1.165) is 31.7 Å². The van der Waals surface area contributed by atoms with Gasteiger partial charge in [0.1, 0.15) is 0 Å². The van der Waals surface area contributed by atoms with Crippen LogP contribution in [-0.2, 0) is 0 Å². The molecule has 0 saturated carbocycles. The summed E-state index contributed by atoms with van der Waals surface area (Å²) in [4.78, 5) is 16.6. The summed E-state index contributed by atoms with van der Waals surface area (Å²) in [5.41, 5.74) is 6.82. The lowest BCUT2D eigenvalue weighted by Gasteiger charge is -2.32. The smallest absolute Gasteiger partial charge is 0.255 e. The molecule has 1 aliphatic rings. The topological polar surface area (TPSA) is 49.6 Å². The molecule has 0 bridgehead atoms. The lowest BCUT2D eigenvalue weighted by Crippen LogP contribution is -2.47. The van der Waals surface area contributed by atoms with Gasteiger partial charge in [0.2, 0.25) is 0 Å². The third kappa shape index (κ3) is 3.34. The molecule has 2 rings (SSSR count). The Bertz CT molecular complexity index is 508. The Kier molecular flexibility index (Phi) is 4.56. The standard InChI is InChI=1S/C15H19N3O/c1-17-9-11-18(12-10-17)15(19)14-7-3-2-5-13(14)6-4-8-16/h2-3,5,7H,8-12,16H2,1H3. The summed E-state index contributed by atoms with van der Waals surface area (Å²) in [5.74, 6) is 5.84. The molecule has 1 aliphatic heterocycles. The highest BCUT2D eigenvalue weighted by Crippen LogP contribution is 2.12. The minimum atomic E-state index is 0.0648. The van der Waals surface area contributed by atoms with Crippen molar-refractivity contribution >= 4 is 5.91 Å². The SMILES string of the molecule is CN1CCN(C(=O)c2ccccc2C#CCN)CC1. The molecule has 0 unspecified atom stereocenters. The predicted molar refractivity (Wildman–Crippen MR) is 75.8 cm³/mol. The second-order valence-corrected chi connectivity index (χ2v) is 4.65. The number of amides is 1. The molecular formula is C15H19N3O. The van der Waals surface area contributed by atoms with Crippen molar-refractivity contribution in [1.82, 2.24) is 9.80 Å². The zero-order valence-corrected chi connectivity index (χ0v) is 11.2.